The molecule has 126 valence electrons. The molecule has 0 amide bonds. The molecule has 0 bridgehead atoms. The molecule has 1 aromatic carbocycles. The van der Waals surface area contributed by atoms with Crippen LogP contribution < -0.4 is 0 Å². The highest BCUT2D eigenvalue weighted by Crippen LogP contribution is 2.25. The first-order valence-corrected chi connectivity index (χ1v) is 9.17. The molecular formula is C18H22N4OS. The Balaban J connectivity index is 1.35. The Morgan fingerprint density at radius 2 is 2.25 bits per heavy atom. The topological polar surface area (TPSA) is 45.4 Å². The van der Waals surface area contributed by atoms with Gasteiger partial charge in [0.25, 0.3) is 0 Å². The standard InChI is InChI=1S/C18H22N4OS/c1-13-9-19-17(23-13)11-21(2)14-7-8-22(10-14)12-18-20-15-5-3-4-6-16(15)24-18/h3-6,9,14H,7-8,10-12H2,1-2H3/t14-/m1/s1. The summed E-state index contributed by atoms with van der Waals surface area (Å²) in [5.74, 6) is 1.68. The van der Waals surface area contributed by atoms with Crippen LogP contribution in [0.5, 0.6) is 0 Å². The Hall–Kier alpha value is -1.76. The minimum absolute atomic E-state index is 0.548. The maximum Gasteiger partial charge on any atom is 0.208 e. The van der Waals surface area contributed by atoms with Crippen molar-refractivity contribution in [2.75, 3.05) is 20.1 Å². The van der Waals surface area contributed by atoms with Crippen molar-refractivity contribution in [1.82, 2.24) is 19.8 Å². The lowest BCUT2D eigenvalue weighted by atomic mass is 10.2. The average molecular weight is 342 g/mol. The molecule has 24 heavy (non-hydrogen) atoms. The lowest BCUT2D eigenvalue weighted by Gasteiger charge is -2.23. The number of likely N-dealkylation sites (N-methyl/N-ethyl adjacent to an activating group) is 1. The van der Waals surface area contributed by atoms with Crippen molar-refractivity contribution < 1.29 is 4.42 Å². The molecule has 0 radical (unpaired) electrons. The van der Waals surface area contributed by atoms with E-state index in [0.29, 0.717) is 6.04 Å². The van der Waals surface area contributed by atoms with Crippen LogP contribution in [0, 0.1) is 6.92 Å². The number of oxazole rings is 1. The predicted molar refractivity (Wildman–Crippen MR) is 96.0 cm³/mol. The molecule has 0 aliphatic carbocycles. The Morgan fingerprint density at radius 1 is 1.38 bits per heavy atom. The lowest BCUT2D eigenvalue weighted by molar-refractivity contribution is 0.204. The largest absolute Gasteiger partial charge is 0.445 e. The van der Waals surface area contributed by atoms with Crippen molar-refractivity contribution in [3.8, 4) is 0 Å². The van der Waals surface area contributed by atoms with Gasteiger partial charge in [-0.05, 0) is 32.5 Å². The minimum Gasteiger partial charge on any atom is -0.445 e. The molecule has 3 heterocycles. The van der Waals surface area contributed by atoms with Gasteiger partial charge in [-0.2, -0.15) is 0 Å². The second-order valence-corrected chi connectivity index (χ2v) is 7.65. The molecule has 1 aliphatic rings. The molecule has 0 spiro atoms. The second-order valence-electron chi connectivity index (χ2n) is 6.53. The van der Waals surface area contributed by atoms with E-state index in [1.807, 2.05) is 18.3 Å². The van der Waals surface area contributed by atoms with Crippen molar-refractivity contribution in [2.24, 2.45) is 0 Å². The highest BCUT2D eigenvalue weighted by atomic mass is 32.1. The van der Waals surface area contributed by atoms with Crippen LogP contribution in [0.25, 0.3) is 10.2 Å². The molecule has 1 saturated heterocycles. The molecule has 2 aromatic heterocycles. The SMILES string of the molecule is Cc1cnc(CN(C)[C@@H]2CCN(Cc3nc4ccccc4s3)C2)o1. The summed E-state index contributed by atoms with van der Waals surface area (Å²) in [6.07, 6.45) is 2.97. The second kappa shape index (κ2) is 6.63. The van der Waals surface area contributed by atoms with Crippen LogP contribution in [0.2, 0.25) is 0 Å². The minimum atomic E-state index is 0.548. The van der Waals surface area contributed by atoms with E-state index in [-0.39, 0.29) is 0 Å². The third kappa shape index (κ3) is 3.36. The maximum absolute atomic E-state index is 5.60. The molecule has 0 saturated carbocycles. The van der Waals surface area contributed by atoms with Gasteiger partial charge in [0, 0.05) is 19.1 Å². The van der Waals surface area contributed by atoms with Gasteiger partial charge in [0.2, 0.25) is 5.89 Å². The van der Waals surface area contributed by atoms with Crippen LogP contribution in [0.4, 0.5) is 0 Å². The number of fused-ring (bicyclic) bond motifs is 1. The van der Waals surface area contributed by atoms with Gasteiger partial charge in [0.15, 0.2) is 0 Å². The molecule has 1 aliphatic heterocycles. The fraction of sp³-hybridized carbons (Fsp3) is 0.444. The number of likely N-dealkylation sites (tertiary alicyclic amines) is 1. The zero-order valence-electron chi connectivity index (χ0n) is 14.1. The Kier molecular flexibility index (Phi) is 4.35. The van der Waals surface area contributed by atoms with Crippen molar-refractivity contribution >= 4 is 21.6 Å². The van der Waals surface area contributed by atoms with E-state index in [9.17, 15) is 0 Å². The van der Waals surface area contributed by atoms with Gasteiger partial charge in [-0.1, -0.05) is 12.1 Å². The number of thiazole rings is 1. The first-order valence-electron chi connectivity index (χ1n) is 8.36. The van der Waals surface area contributed by atoms with Crippen molar-refractivity contribution in [3.05, 3.63) is 47.1 Å². The third-order valence-electron chi connectivity index (χ3n) is 4.62. The monoisotopic (exact) mass is 342 g/mol. The number of hydrogen-bond acceptors (Lipinski definition) is 6. The lowest BCUT2D eigenvalue weighted by Crippen LogP contribution is -2.34. The normalized spacial score (nSPS) is 18.9. The number of aryl methyl sites for hydroxylation is 1. The van der Waals surface area contributed by atoms with Crippen LogP contribution in [0.15, 0.2) is 34.9 Å². The zero-order valence-corrected chi connectivity index (χ0v) is 14.9. The number of para-hydroxylation sites is 1. The van der Waals surface area contributed by atoms with E-state index in [4.69, 9.17) is 9.40 Å². The smallest absolute Gasteiger partial charge is 0.208 e. The Bertz CT molecular complexity index is 794. The van der Waals surface area contributed by atoms with E-state index in [1.165, 1.54) is 16.1 Å². The molecule has 3 aromatic rings. The van der Waals surface area contributed by atoms with E-state index >= 15 is 0 Å². The Morgan fingerprint density at radius 3 is 3.04 bits per heavy atom. The third-order valence-corrected chi connectivity index (χ3v) is 5.64. The summed E-state index contributed by atoms with van der Waals surface area (Å²) >= 11 is 1.81. The van der Waals surface area contributed by atoms with Crippen LogP contribution >= 0.6 is 11.3 Å². The van der Waals surface area contributed by atoms with E-state index < -0.39 is 0 Å². The summed E-state index contributed by atoms with van der Waals surface area (Å²) < 4.78 is 6.87. The van der Waals surface area contributed by atoms with Crippen molar-refractivity contribution in [3.63, 3.8) is 0 Å². The van der Waals surface area contributed by atoms with Gasteiger partial charge >= 0.3 is 0 Å². The zero-order chi connectivity index (χ0) is 16.5. The summed E-state index contributed by atoms with van der Waals surface area (Å²) in [6.45, 7) is 5.85. The van der Waals surface area contributed by atoms with Gasteiger partial charge < -0.3 is 4.42 Å². The molecule has 6 heteroatoms. The summed E-state index contributed by atoms with van der Waals surface area (Å²) in [5, 5.41) is 1.21. The fourth-order valence-electron chi connectivity index (χ4n) is 3.31. The van der Waals surface area contributed by atoms with E-state index in [1.54, 1.807) is 6.20 Å². The van der Waals surface area contributed by atoms with Crippen LogP contribution in [0.1, 0.15) is 23.1 Å². The van der Waals surface area contributed by atoms with Crippen molar-refractivity contribution in [2.45, 2.75) is 32.5 Å². The first-order chi connectivity index (χ1) is 11.7. The van der Waals surface area contributed by atoms with Gasteiger partial charge in [-0.3, -0.25) is 9.80 Å². The molecule has 4 rings (SSSR count). The Labute approximate surface area is 145 Å². The van der Waals surface area contributed by atoms with Crippen LogP contribution in [0.3, 0.4) is 0 Å². The highest BCUT2D eigenvalue weighted by molar-refractivity contribution is 7.18. The first kappa shape index (κ1) is 15.7. The highest BCUT2D eigenvalue weighted by Gasteiger charge is 2.27. The molecule has 0 N–H and O–H groups in total. The number of hydrogen-bond donors (Lipinski definition) is 0. The van der Waals surface area contributed by atoms with Crippen molar-refractivity contribution in [1.29, 1.82) is 0 Å². The van der Waals surface area contributed by atoms with Gasteiger partial charge in [-0.25, -0.2) is 9.97 Å². The number of rotatable bonds is 5. The molecule has 1 fully saturated rings. The summed E-state index contributed by atoms with van der Waals surface area (Å²) in [4.78, 5) is 13.9. The summed E-state index contributed by atoms with van der Waals surface area (Å²) in [5.41, 5.74) is 1.12. The fourth-order valence-corrected chi connectivity index (χ4v) is 4.32. The predicted octanol–water partition coefficient (Wildman–Crippen LogP) is 3.30. The maximum atomic E-state index is 5.60. The molecular weight excluding hydrogens is 320 g/mol. The quantitative estimate of drug-likeness (QED) is 0.712. The van der Waals surface area contributed by atoms with Gasteiger partial charge in [0.05, 0.1) is 29.5 Å². The molecule has 1 atom stereocenters. The van der Waals surface area contributed by atoms with Gasteiger partial charge in [0.1, 0.15) is 10.8 Å². The summed E-state index contributed by atoms with van der Waals surface area (Å²) in [7, 11) is 2.16. The number of aromatic nitrogens is 2. The average Bonchev–Trinajstić information content (AvgIpc) is 3.27. The number of benzene rings is 1. The van der Waals surface area contributed by atoms with E-state index in [0.717, 1.165) is 43.3 Å². The number of nitrogens with zero attached hydrogens (tertiary/aromatic N) is 4. The molecule has 0 unspecified atom stereocenters. The van der Waals surface area contributed by atoms with Gasteiger partial charge in [-0.15, -0.1) is 11.3 Å². The van der Waals surface area contributed by atoms with Crippen LogP contribution in [-0.2, 0) is 13.1 Å². The molecule has 5 nitrogen and oxygen atoms in total. The summed E-state index contributed by atoms with van der Waals surface area (Å²) in [6, 6.07) is 8.92. The van der Waals surface area contributed by atoms with E-state index in [2.05, 4.69) is 46.1 Å². The van der Waals surface area contributed by atoms with Crippen LogP contribution in [-0.4, -0.2) is 45.9 Å².